The summed E-state index contributed by atoms with van der Waals surface area (Å²) < 4.78 is 7.85. The van der Waals surface area contributed by atoms with Crippen molar-refractivity contribution in [1.82, 2.24) is 24.7 Å². The highest BCUT2D eigenvalue weighted by molar-refractivity contribution is 5.80. The fourth-order valence-electron chi connectivity index (χ4n) is 4.24. The Balaban J connectivity index is 1.74. The van der Waals surface area contributed by atoms with Gasteiger partial charge in [0.1, 0.15) is 0 Å². The number of nitrogens with one attached hydrogen (secondary N) is 1. The van der Waals surface area contributed by atoms with Crippen molar-refractivity contribution < 1.29 is 4.74 Å². The Bertz CT molecular complexity index is 594. The molecule has 2 aliphatic rings. The molecule has 0 saturated carbocycles. The molecule has 0 amide bonds. The van der Waals surface area contributed by atoms with Crippen molar-refractivity contribution in [2.75, 3.05) is 53.5 Å². The van der Waals surface area contributed by atoms with Crippen molar-refractivity contribution in [2.45, 2.75) is 44.7 Å². The predicted molar refractivity (Wildman–Crippen MR) is 109 cm³/mol. The topological polar surface area (TPSA) is 57.9 Å². The van der Waals surface area contributed by atoms with Crippen LogP contribution in [0.2, 0.25) is 0 Å². The molecule has 2 aliphatic heterocycles. The smallest absolute Gasteiger partial charge is 0.194 e. The van der Waals surface area contributed by atoms with E-state index in [1.165, 1.54) is 6.42 Å². The summed E-state index contributed by atoms with van der Waals surface area (Å²) in [5.41, 5.74) is 0.103. The summed E-state index contributed by atoms with van der Waals surface area (Å²) in [5.74, 6) is 1.68. The van der Waals surface area contributed by atoms with E-state index in [1.807, 2.05) is 12.5 Å². The van der Waals surface area contributed by atoms with Crippen LogP contribution in [0, 0.1) is 5.92 Å². The second-order valence-corrected chi connectivity index (χ2v) is 8.19. The third-order valence-corrected chi connectivity index (χ3v) is 6.36. The first-order valence-electron chi connectivity index (χ1n) is 10.3. The van der Waals surface area contributed by atoms with E-state index in [2.05, 4.69) is 58.8 Å². The molecule has 0 aromatic carbocycles. The molecule has 2 fully saturated rings. The lowest BCUT2D eigenvalue weighted by Gasteiger charge is -2.43. The van der Waals surface area contributed by atoms with E-state index < -0.39 is 0 Å². The third kappa shape index (κ3) is 4.63. The minimum atomic E-state index is 0.103. The number of aliphatic imine (C=N–C) groups is 1. The van der Waals surface area contributed by atoms with Crippen molar-refractivity contribution in [3.8, 4) is 0 Å². The lowest BCUT2D eigenvalue weighted by atomic mass is 9.89. The van der Waals surface area contributed by atoms with Gasteiger partial charge < -0.3 is 24.4 Å². The minimum Gasteiger partial charge on any atom is -0.381 e. The van der Waals surface area contributed by atoms with Gasteiger partial charge in [0.25, 0.3) is 0 Å². The average molecular weight is 377 g/mol. The zero-order valence-corrected chi connectivity index (χ0v) is 17.4. The van der Waals surface area contributed by atoms with E-state index in [1.54, 1.807) is 0 Å². The molecule has 7 heteroatoms. The summed E-state index contributed by atoms with van der Waals surface area (Å²) in [6.45, 7) is 9.87. The van der Waals surface area contributed by atoms with Gasteiger partial charge in [0.05, 0.1) is 18.9 Å². The number of hydrogen-bond acceptors (Lipinski definition) is 4. The van der Waals surface area contributed by atoms with Crippen LogP contribution >= 0.6 is 0 Å². The van der Waals surface area contributed by atoms with Crippen LogP contribution in [0.15, 0.2) is 23.7 Å². The molecule has 1 N–H and O–H groups in total. The van der Waals surface area contributed by atoms with Gasteiger partial charge in [-0.05, 0) is 46.2 Å². The summed E-state index contributed by atoms with van der Waals surface area (Å²) in [7, 11) is 4.34. The second kappa shape index (κ2) is 9.06. The molecule has 27 heavy (non-hydrogen) atoms. The monoisotopic (exact) mass is 376 g/mol. The first-order valence-corrected chi connectivity index (χ1v) is 10.3. The zero-order chi connectivity index (χ0) is 19.3. The van der Waals surface area contributed by atoms with Gasteiger partial charge in [0.15, 0.2) is 5.96 Å². The van der Waals surface area contributed by atoms with E-state index in [0.717, 1.165) is 58.2 Å². The molecule has 3 heterocycles. The van der Waals surface area contributed by atoms with Crippen molar-refractivity contribution in [3.63, 3.8) is 0 Å². The predicted octanol–water partition coefficient (Wildman–Crippen LogP) is 1.84. The van der Waals surface area contributed by atoms with Crippen LogP contribution in [0.1, 0.15) is 39.2 Å². The van der Waals surface area contributed by atoms with Gasteiger partial charge in [-0.1, -0.05) is 6.92 Å². The molecule has 0 bridgehead atoms. The summed E-state index contributed by atoms with van der Waals surface area (Å²) >= 11 is 0. The summed E-state index contributed by atoms with van der Waals surface area (Å²) in [6, 6.07) is 0.441. The van der Waals surface area contributed by atoms with E-state index >= 15 is 0 Å². The molecule has 1 aromatic rings. The number of likely N-dealkylation sites (N-methyl/N-ethyl adjacent to an activating group) is 1. The fourth-order valence-corrected chi connectivity index (χ4v) is 4.24. The molecule has 0 spiro atoms. The van der Waals surface area contributed by atoms with Gasteiger partial charge in [0, 0.05) is 50.8 Å². The fraction of sp³-hybridized carbons (Fsp3) is 0.800. The molecule has 0 aliphatic carbocycles. The molecular formula is C20H36N6O. The minimum absolute atomic E-state index is 0.103. The van der Waals surface area contributed by atoms with Gasteiger partial charge in [-0.3, -0.25) is 4.99 Å². The number of aromatic nitrogens is 2. The molecule has 2 atom stereocenters. The molecule has 7 nitrogen and oxygen atoms in total. The van der Waals surface area contributed by atoms with E-state index in [4.69, 9.17) is 9.73 Å². The van der Waals surface area contributed by atoms with Crippen LogP contribution in [-0.4, -0.2) is 84.3 Å². The lowest BCUT2D eigenvalue weighted by Crippen LogP contribution is -2.53. The third-order valence-electron chi connectivity index (χ3n) is 6.36. The molecular weight excluding hydrogens is 340 g/mol. The molecule has 152 valence electrons. The van der Waals surface area contributed by atoms with Crippen LogP contribution in [0.5, 0.6) is 0 Å². The SMILES string of the molecule is CCNC(=NCC1(N(C)C)CCOCC1)N1CCC(C)C(n2ccnc2)C1. The van der Waals surface area contributed by atoms with E-state index in [0.29, 0.717) is 12.0 Å². The molecule has 3 rings (SSSR count). The lowest BCUT2D eigenvalue weighted by molar-refractivity contribution is -0.00269. The Kier molecular flexibility index (Phi) is 6.76. The normalized spacial score (nSPS) is 26.4. The van der Waals surface area contributed by atoms with Crippen molar-refractivity contribution >= 4 is 5.96 Å². The molecule has 2 saturated heterocycles. The maximum absolute atomic E-state index is 5.60. The molecule has 0 radical (unpaired) electrons. The number of hydrogen-bond donors (Lipinski definition) is 1. The largest absolute Gasteiger partial charge is 0.381 e. The maximum Gasteiger partial charge on any atom is 0.194 e. The van der Waals surface area contributed by atoms with E-state index in [-0.39, 0.29) is 5.54 Å². The second-order valence-electron chi connectivity index (χ2n) is 8.19. The van der Waals surface area contributed by atoms with Gasteiger partial charge >= 0.3 is 0 Å². The van der Waals surface area contributed by atoms with Crippen LogP contribution in [0.4, 0.5) is 0 Å². The molecule has 2 unspecified atom stereocenters. The summed E-state index contributed by atoms with van der Waals surface area (Å²) in [5, 5.41) is 3.53. The number of likely N-dealkylation sites (tertiary alicyclic amines) is 1. The van der Waals surface area contributed by atoms with E-state index in [9.17, 15) is 0 Å². The number of guanidine groups is 1. The summed E-state index contributed by atoms with van der Waals surface area (Å²) in [6.07, 6.45) is 9.14. The maximum atomic E-state index is 5.60. The zero-order valence-electron chi connectivity index (χ0n) is 17.4. The highest BCUT2D eigenvalue weighted by atomic mass is 16.5. The quantitative estimate of drug-likeness (QED) is 0.628. The number of imidazole rings is 1. The van der Waals surface area contributed by atoms with Gasteiger partial charge in [-0.25, -0.2) is 4.98 Å². The Morgan fingerprint density at radius 1 is 1.37 bits per heavy atom. The van der Waals surface area contributed by atoms with Crippen LogP contribution < -0.4 is 5.32 Å². The van der Waals surface area contributed by atoms with Crippen molar-refractivity contribution in [2.24, 2.45) is 10.9 Å². The Morgan fingerprint density at radius 3 is 2.78 bits per heavy atom. The van der Waals surface area contributed by atoms with Gasteiger partial charge in [0.2, 0.25) is 0 Å². The first kappa shape index (κ1) is 20.1. The summed E-state index contributed by atoms with van der Waals surface area (Å²) in [4.78, 5) is 14.1. The number of nitrogens with zero attached hydrogens (tertiary/aromatic N) is 5. The first-order chi connectivity index (χ1) is 13.1. The van der Waals surface area contributed by atoms with Gasteiger partial charge in [-0.15, -0.1) is 0 Å². The van der Waals surface area contributed by atoms with Crippen LogP contribution in [0.3, 0.4) is 0 Å². The Hall–Kier alpha value is -1.60. The number of piperidine rings is 1. The average Bonchev–Trinajstić information content (AvgIpc) is 3.21. The number of rotatable bonds is 5. The van der Waals surface area contributed by atoms with Gasteiger partial charge in [-0.2, -0.15) is 0 Å². The molecule has 1 aromatic heterocycles. The highest BCUT2D eigenvalue weighted by Crippen LogP contribution is 2.29. The van der Waals surface area contributed by atoms with Crippen LogP contribution in [0.25, 0.3) is 0 Å². The number of ether oxygens (including phenoxy) is 1. The standard InChI is InChI=1S/C20H36N6O/c1-5-22-19(23-15-20(24(3)4)7-12-27-13-8-20)25-10-6-17(2)18(14-25)26-11-9-21-16-26/h9,11,16-18H,5-8,10,12-15H2,1-4H3,(H,22,23). The highest BCUT2D eigenvalue weighted by Gasteiger charge is 2.35. The van der Waals surface area contributed by atoms with Crippen molar-refractivity contribution in [3.05, 3.63) is 18.7 Å². The van der Waals surface area contributed by atoms with Crippen LogP contribution in [-0.2, 0) is 4.74 Å². The Morgan fingerprint density at radius 2 is 2.15 bits per heavy atom. The Labute approximate surface area is 163 Å². The van der Waals surface area contributed by atoms with Crippen molar-refractivity contribution in [1.29, 1.82) is 0 Å².